The summed E-state index contributed by atoms with van der Waals surface area (Å²) < 4.78 is 6.97. The van der Waals surface area contributed by atoms with Crippen molar-refractivity contribution >= 4 is 5.97 Å². The van der Waals surface area contributed by atoms with Gasteiger partial charge in [-0.2, -0.15) is 5.10 Å². The molecule has 2 aromatic rings. The maximum atomic E-state index is 11.9. The molecule has 0 aliphatic rings. The molecule has 1 heterocycles. The summed E-state index contributed by atoms with van der Waals surface area (Å²) in [5.74, 6) is 0.0164. The van der Waals surface area contributed by atoms with Crippen LogP contribution < -0.4 is 4.74 Å². The molecule has 0 N–H and O–H groups in total. The Bertz CT molecular complexity index is 684. The maximum Gasteiger partial charge on any atom is 0.312 e. The molecule has 0 aliphatic carbocycles. The van der Waals surface area contributed by atoms with Gasteiger partial charge in [0.1, 0.15) is 0 Å². The normalized spacial score (nSPS) is 10.4. The highest BCUT2D eigenvalue weighted by Gasteiger charge is 2.12. The van der Waals surface area contributed by atoms with Gasteiger partial charge in [-0.3, -0.25) is 4.79 Å². The molecule has 0 radical (unpaired) electrons. The van der Waals surface area contributed by atoms with E-state index in [-0.39, 0.29) is 19.0 Å². The van der Waals surface area contributed by atoms with E-state index < -0.39 is 5.09 Å². The second-order valence-electron chi connectivity index (χ2n) is 5.21. The smallest absolute Gasteiger partial charge is 0.312 e. The molecule has 0 spiro atoms. The fourth-order valence-corrected chi connectivity index (χ4v) is 2.16. The molecule has 128 valence electrons. The first-order valence-corrected chi connectivity index (χ1v) is 7.66. The number of para-hydroxylation sites is 1. The van der Waals surface area contributed by atoms with E-state index in [0.29, 0.717) is 25.1 Å². The molecule has 24 heavy (non-hydrogen) atoms. The molecule has 0 fully saturated rings. The first-order chi connectivity index (χ1) is 11.6. The van der Waals surface area contributed by atoms with Crippen LogP contribution in [0.25, 0.3) is 5.69 Å². The summed E-state index contributed by atoms with van der Waals surface area (Å²) >= 11 is 0. The number of carbonyl (C=O) groups excluding carboxylic acids is 1. The zero-order valence-electron chi connectivity index (χ0n) is 13.4. The standard InChI is InChI=1S/C16H19N3O5/c1-13-12-15(18(17-13)14-8-4-2-5-9-14)24-16(20)10-6-3-7-11-23-19(21)22/h2,4-5,8-9,12H,3,6-7,10-11H2,1H3. The number of esters is 1. The van der Waals surface area contributed by atoms with Gasteiger partial charge in [-0.05, 0) is 31.9 Å². The van der Waals surface area contributed by atoms with Gasteiger partial charge < -0.3 is 9.57 Å². The molecule has 8 nitrogen and oxygen atoms in total. The number of ether oxygens (including phenoxy) is 1. The lowest BCUT2D eigenvalue weighted by Gasteiger charge is -2.07. The first kappa shape index (κ1) is 17.5. The lowest BCUT2D eigenvalue weighted by Crippen LogP contribution is -2.11. The minimum absolute atomic E-state index is 0.0437. The minimum atomic E-state index is -0.818. The van der Waals surface area contributed by atoms with Crippen LogP contribution in [-0.2, 0) is 9.63 Å². The lowest BCUT2D eigenvalue weighted by atomic mass is 10.2. The molecule has 0 aliphatic heterocycles. The Morgan fingerprint density at radius 2 is 2.00 bits per heavy atom. The number of nitrogens with zero attached hydrogens (tertiary/aromatic N) is 3. The Morgan fingerprint density at radius 3 is 2.71 bits per heavy atom. The van der Waals surface area contributed by atoms with Crippen LogP contribution in [0.1, 0.15) is 31.4 Å². The number of rotatable bonds is 9. The van der Waals surface area contributed by atoms with E-state index in [1.54, 1.807) is 10.7 Å². The van der Waals surface area contributed by atoms with Crippen molar-refractivity contribution in [2.24, 2.45) is 0 Å². The summed E-state index contributed by atoms with van der Waals surface area (Å²) in [6, 6.07) is 11.1. The molecule has 2 rings (SSSR count). The van der Waals surface area contributed by atoms with Gasteiger partial charge in [-0.25, -0.2) is 4.68 Å². The number of aromatic nitrogens is 2. The molecule has 1 aromatic carbocycles. The van der Waals surface area contributed by atoms with Gasteiger partial charge in [0.05, 0.1) is 18.0 Å². The Labute approximate surface area is 139 Å². The SMILES string of the molecule is Cc1cc(OC(=O)CCCCCO[N+](=O)[O-])n(-c2ccccc2)n1. The van der Waals surface area contributed by atoms with Gasteiger partial charge in [0.25, 0.3) is 5.09 Å². The number of hydrogen-bond acceptors (Lipinski definition) is 6. The third-order valence-corrected chi connectivity index (χ3v) is 3.24. The predicted octanol–water partition coefficient (Wildman–Crippen LogP) is 2.85. The first-order valence-electron chi connectivity index (χ1n) is 7.66. The van der Waals surface area contributed by atoms with Crippen LogP contribution in [0, 0.1) is 17.0 Å². The average molecular weight is 333 g/mol. The third kappa shape index (κ3) is 5.38. The Kier molecular flexibility index (Phi) is 6.30. The van der Waals surface area contributed by atoms with Gasteiger partial charge in [-0.1, -0.05) is 24.6 Å². The second-order valence-corrected chi connectivity index (χ2v) is 5.21. The van der Waals surface area contributed by atoms with Crippen LogP contribution in [0.15, 0.2) is 36.4 Å². The molecule has 0 atom stereocenters. The number of carbonyl (C=O) groups is 1. The van der Waals surface area contributed by atoms with Crippen LogP contribution in [0.4, 0.5) is 0 Å². The number of aryl methyl sites for hydroxylation is 1. The van der Waals surface area contributed by atoms with Crippen molar-refractivity contribution < 1.29 is 19.5 Å². The van der Waals surface area contributed by atoms with E-state index in [1.807, 2.05) is 37.3 Å². The summed E-state index contributed by atoms with van der Waals surface area (Å²) in [6.07, 6.45) is 1.99. The van der Waals surface area contributed by atoms with E-state index in [9.17, 15) is 14.9 Å². The molecule has 0 amide bonds. The molecular formula is C16H19N3O5. The molecule has 0 saturated carbocycles. The summed E-state index contributed by atoms with van der Waals surface area (Å²) in [5, 5.41) is 13.5. The van der Waals surface area contributed by atoms with Gasteiger partial charge in [-0.15, -0.1) is 10.1 Å². The number of hydrogen-bond donors (Lipinski definition) is 0. The highest BCUT2D eigenvalue weighted by molar-refractivity contribution is 5.72. The van der Waals surface area contributed by atoms with Crippen LogP contribution >= 0.6 is 0 Å². The second kappa shape index (κ2) is 8.66. The summed E-state index contributed by atoms with van der Waals surface area (Å²) in [7, 11) is 0. The lowest BCUT2D eigenvalue weighted by molar-refractivity contribution is -0.757. The van der Waals surface area contributed by atoms with E-state index in [2.05, 4.69) is 9.94 Å². The van der Waals surface area contributed by atoms with Gasteiger partial charge in [0.2, 0.25) is 5.88 Å². The fourth-order valence-electron chi connectivity index (χ4n) is 2.16. The largest absolute Gasteiger partial charge is 0.407 e. The summed E-state index contributed by atoms with van der Waals surface area (Å²) in [6.45, 7) is 1.87. The zero-order chi connectivity index (χ0) is 17.4. The highest BCUT2D eigenvalue weighted by Crippen LogP contribution is 2.19. The van der Waals surface area contributed by atoms with Gasteiger partial charge in [0.15, 0.2) is 0 Å². The third-order valence-electron chi connectivity index (χ3n) is 3.24. The Morgan fingerprint density at radius 1 is 1.25 bits per heavy atom. The van der Waals surface area contributed by atoms with Gasteiger partial charge >= 0.3 is 5.97 Å². The van der Waals surface area contributed by atoms with Gasteiger partial charge in [0, 0.05) is 12.5 Å². The van der Waals surface area contributed by atoms with Crippen molar-refractivity contribution in [1.82, 2.24) is 9.78 Å². The predicted molar refractivity (Wildman–Crippen MR) is 85.4 cm³/mol. The van der Waals surface area contributed by atoms with Crippen LogP contribution in [-0.4, -0.2) is 27.4 Å². The minimum Gasteiger partial charge on any atom is -0.407 e. The monoisotopic (exact) mass is 333 g/mol. The maximum absolute atomic E-state index is 11.9. The summed E-state index contributed by atoms with van der Waals surface area (Å²) in [5.41, 5.74) is 1.56. The van der Waals surface area contributed by atoms with Crippen LogP contribution in [0.2, 0.25) is 0 Å². The molecule has 0 bridgehead atoms. The van der Waals surface area contributed by atoms with Crippen molar-refractivity contribution in [2.45, 2.75) is 32.6 Å². The van der Waals surface area contributed by atoms with E-state index >= 15 is 0 Å². The van der Waals surface area contributed by atoms with Crippen molar-refractivity contribution in [1.29, 1.82) is 0 Å². The Balaban J connectivity index is 1.83. The van der Waals surface area contributed by atoms with Crippen LogP contribution in [0.3, 0.4) is 0 Å². The van der Waals surface area contributed by atoms with Crippen molar-refractivity contribution in [3.63, 3.8) is 0 Å². The van der Waals surface area contributed by atoms with Crippen LogP contribution in [0.5, 0.6) is 5.88 Å². The van der Waals surface area contributed by atoms with Crippen molar-refractivity contribution in [2.75, 3.05) is 6.61 Å². The molecular weight excluding hydrogens is 314 g/mol. The molecule has 0 saturated heterocycles. The topological polar surface area (TPSA) is 96.5 Å². The highest BCUT2D eigenvalue weighted by atomic mass is 16.9. The summed E-state index contributed by atoms with van der Waals surface area (Å²) in [4.78, 5) is 26.1. The number of benzene rings is 1. The van der Waals surface area contributed by atoms with E-state index in [0.717, 1.165) is 11.4 Å². The fraction of sp³-hybridized carbons (Fsp3) is 0.375. The quantitative estimate of drug-likeness (QED) is 0.303. The van der Waals surface area contributed by atoms with Crippen molar-refractivity contribution in [3.8, 4) is 11.6 Å². The van der Waals surface area contributed by atoms with E-state index in [4.69, 9.17) is 4.74 Å². The zero-order valence-corrected chi connectivity index (χ0v) is 13.4. The Hall–Kier alpha value is -2.90. The van der Waals surface area contributed by atoms with Crippen molar-refractivity contribution in [3.05, 3.63) is 52.2 Å². The molecule has 1 aromatic heterocycles. The van der Waals surface area contributed by atoms with E-state index in [1.165, 1.54) is 0 Å². The molecule has 0 unspecified atom stereocenters. The molecule has 8 heteroatoms. The average Bonchev–Trinajstić information content (AvgIpc) is 2.91. The number of unbranched alkanes of at least 4 members (excludes halogenated alkanes) is 2.